The average molecular weight is 356 g/mol. The second-order valence-electron chi connectivity index (χ2n) is 6.44. The molecule has 0 amide bonds. The fraction of sp³-hybridized carbons (Fsp3) is 0.444. The SMILES string of the molecule is CCCCCC(CO)n1c(=O)c(-c2ccn[nH]2)cc2c(C)nc(N)nc21. The number of nitrogens with one attached hydrogen (secondary N) is 1. The lowest BCUT2D eigenvalue weighted by molar-refractivity contribution is 0.217. The maximum Gasteiger partial charge on any atom is 0.261 e. The van der Waals surface area contributed by atoms with E-state index < -0.39 is 0 Å². The van der Waals surface area contributed by atoms with Crippen LogP contribution in [0.1, 0.15) is 44.3 Å². The molecule has 8 heteroatoms. The molecule has 0 saturated heterocycles. The Labute approximate surface area is 151 Å². The molecule has 0 aliphatic carbocycles. The molecule has 138 valence electrons. The Morgan fingerprint density at radius 2 is 2.15 bits per heavy atom. The van der Waals surface area contributed by atoms with Gasteiger partial charge in [0.05, 0.1) is 29.6 Å². The molecule has 3 aromatic rings. The molecule has 1 unspecified atom stereocenters. The predicted molar refractivity (Wildman–Crippen MR) is 101 cm³/mol. The van der Waals surface area contributed by atoms with Gasteiger partial charge in [-0.25, -0.2) is 4.98 Å². The Kier molecular flexibility index (Phi) is 5.32. The van der Waals surface area contributed by atoms with Gasteiger partial charge in [0, 0.05) is 11.6 Å². The molecular formula is C18H24N6O2. The van der Waals surface area contributed by atoms with Gasteiger partial charge in [0.15, 0.2) is 0 Å². The van der Waals surface area contributed by atoms with E-state index in [9.17, 15) is 9.90 Å². The second kappa shape index (κ2) is 7.65. The number of H-pyrrole nitrogens is 1. The molecule has 8 nitrogen and oxygen atoms in total. The van der Waals surface area contributed by atoms with E-state index in [0.29, 0.717) is 29.0 Å². The van der Waals surface area contributed by atoms with Crippen LogP contribution >= 0.6 is 0 Å². The first-order valence-corrected chi connectivity index (χ1v) is 8.86. The molecule has 1 atom stereocenters. The van der Waals surface area contributed by atoms with Crippen LogP contribution < -0.4 is 11.3 Å². The molecule has 0 aliphatic rings. The third-order valence-corrected chi connectivity index (χ3v) is 4.61. The highest BCUT2D eigenvalue weighted by Gasteiger charge is 2.21. The van der Waals surface area contributed by atoms with E-state index in [0.717, 1.165) is 24.6 Å². The third-order valence-electron chi connectivity index (χ3n) is 4.61. The molecule has 26 heavy (non-hydrogen) atoms. The number of hydrogen-bond acceptors (Lipinski definition) is 6. The van der Waals surface area contributed by atoms with Crippen molar-refractivity contribution in [2.75, 3.05) is 12.3 Å². The van der Waals surface area contributed by atoms with Gasteiger partial charge in [-0.15, -0.1) is 0 Å². The lowest BCUT2D eigenvalue weighted by Gasteiger charge is -2.21. The third kappa shape index (κ3) is 3.32. The zero-order valence-corrected chi connectivity index (χ0v) is 15.1. The van der Waals surface area contributed by atoms with Gasteiger partial charge in [-0.2, -0.15) is 10.1 Å². The molecule has 0 fully saturated rings. The van der Waals surface area contributed by atoms with Crippen molar-refractivity contribution in [3.05, 3.63) is 34.4 Å². The molecule has 4 N–H and O–H groups in total. The highest BCUT2D eigenvalue weighted by atomic mass is 16.3. The number of aryl methyl sites for hydroxylation is 1. The summed E-state index contributed by atoms with van der Waals surface area (Å²) in [4.78, 5) is 21.8. The fourth-order valence-electron chi connectivity index (χ4n) is 3.24. The van der Waals surface area contributed by atoms with Crippen molar-refractivity contribution >= 4 is 17.0 Å². The van der Waals surface area contributed by atoms with Crippen molar-refractivity contribution in [3.8, 4) is 11.3 Å². The maximum absolute atomic E-state index is 13.2. The number of aromatic nitrogens is 5. The van der Waals surface area contributed by atoms with Crippen molar-refractivity contribution in [2.45, 2.75) is 45.6 Å². The van der Waals surface area contributed by atoms with Gasteiger partial charge in [0.25, 0.3) is 5.56 Å². The molecule has 3 heterocycles. The fourth-order valence-corrected chi connectivity index (χ4v) is 3.24. The van der Waals surface area contributed by atoms with Gasteiger partial charge in [-0.3, -0.25) is 14.5 Å². The number of pyridine rings is 1. The van der Waals surface area contributed by atoms with E-state index >= 15 is 0 Å². The average Bonchev–Trinajstić information content (AvgIpc) is 3.13. The number of nitrogen functional groups attached to an aromatic ring is 1. The van der Waals surface area contributed by atoms with Gasteiger partial charge in [-0.1, -0.05) is 26.2 Å². The van der Waals surface area contributed by atoms with Crippen LogP contribution in [0.25, 0.3) is 22.3 Å². The molecule has 0 radical (unpaired) electrons. The molecule has 3 rings (SSSR count). The van der Waals surface area contributed by atoms with E-state index in [1.165, 1.54) is 0 Å². The van der Waals surface area contributed by atoms with Gasteiger partial charge in [0.2, 0.25) is 5.95 Å². The number of anilines is 1. The van der Waals surface area contributed by atoms with Gasteiger partial charge in [0.1, 0.15) is 5.65 Å². The maximum atomic E-state index is 13.2. The van der Waals surface area contributed by atoms with E-state index in [1.54, 1.807) is 22.9 Å². The smallest absolute Gasteiger partial charge is 0.261 e. The van der Waals surface area contributed by atoms with Crippen LogP contribution in [-0.4, -0.2) is 36.4 Å². The van der Waals surface area contributed by atoms with E-state index in [2.05, 4.69) is 27.1 Å². The molecule has 0 saturated carbocycles. The first-order valence-electron chi connectivity index (χ1n) is 8.86. The van der Waals surface area contributed by atoms with Crippen molar-refractivity contribution in [2.24, 2.45) is 0 Å². The minimum absolute atomic E-state index is 0.114. The van der Waals surface area contributed by atoms with E-state index in [1.807, 2.05) is 6.92 Å². The lowest BCUT2D eigenvalue weighted by Crippen LogP contribution is -2.29. The zero-order chi connectivity index (χ0) is 18.7. The monoisotopic (exact) mass is 356 g/mol. The molecule has 3 aromatic heterocycles. The highest BCUT2D eigenvalue weighted by Crippen LogP contribution is 2.25. The molecular weight excluding hydrogens is 332 g/mol. The standard InChI is InChI=1S/C18H24N6O2/c1-3-4-5-6-12(10-25)24-16-13(11(2)21-18(19)22-16)9-14(17(24)26)15-7-8-20-23-15/h7-9,12,25H,3-6,10H2,1-2H3,(H,20,23)(H2,19,21,22). The highest BCUT2D eigenvalue weighted by molar-refractivity contribution is 5.83. The topological polar surface area (TPSA) is 123 Å². The number of aliphatic hydroxyl groups is 1. The Hall–Kier alpha value is -2.74. The van der Waals surface area contributed by atoms with Gasteiger partial charge in [-0.05, 0) is 25.5 Å². The first-order chi connectivity index (χ1) is 12.6. The zero-order valence-electron chi connectivity index (χ0n) is 15.1. The quantitative estimate of drug-likeness (QED) is 0.558. The van der Waals surface area contributed by atoms with Crippen LogP contribution in [0.15, 0.2) is 23.1 Å². The minimum atomic E-state index is -0.367. The number of nitrogens with zero attached hydrogens (tertiary/aromatic N) is 4. The largest absolute Gasteiger partial charge is 0.394 e. The van der Waals surface area contributed by atoms with Crippen molar-refractivity contribution in [3.63, 3.8) is 0 Å². The Bertz CT molecular complexity index is 948. The minimum Gasteiger partial charge on any atom is -0.394 e. The van der Waals surface area contributed by atoms with Crippen LogP contribution in [0, 0.1) is 6.92 Å². The summed E-state index contributed by atoms with van der Waals surface area (Å²) < 4.78 is 1.56. The van der Waals surface area contributed by atoms with Crippen LogP contribution in [-0.2, 0) is 0 Å². The lowest BCUT2D eigenvalue weighted by atomic mass is 10.1. The number of unbranched alkanes of at least 4 members (excludes halogenated alkanes) is 2. The van der Waals surface area contributed by atoms with Crippen molar-refractivity contribution in [1.29, 1.82) is 0 Å². The summed E-state index contributed by atoms with van der Waals surface area (Å²) >= 11 is 0. The second-order valence-corrected chi connectivity index (χ2v) is 6.44. The molecule has 0 spiro atoms. The number of aliphatic hydroxyl groups excluding tert-OH is 1. The summed E-state index contributed by atoms with van der Waals surface area (Å²) in [5.41, 5.74) is 7.83. The van der Waals surface area contributed by atoms with Crippen molar-refractivity contribution in [1.82, 2.24) is 24.7 Å². The van der Waals surface area contributed by atoms with Crippen molar-refractivity contribution < 1.29 is 5.11 Å². The summed E-state index contributed by atoms with van der Waals surface area (Å²) in [6.45, 7) is 3.80. The summed E-state index contributed by atoms with van der Waals surface area (Å²) in [5.74, 6) is 0.114. The summed E-state index contributed by atoms with van der Waals surface area (Å²) in [5, 5.41) is 17.5. The summed E-state index contributed by atoms with van der Waals surface area (Å²) in [6.07, 6.45) is 5.31. The van der Waals surface area contributed by atoms with E-state index in [4.69, 9.17) is 5.73 Å². The Morgan fingerprint density at radius 1 is 1.35 bits per heavy atom. The normalized spacial score (nSPS) is 12.6. The summed E-state index contributed by atoms with van der Waals surface area (Å²) in [6, 6.07) is 3.13. The Balaban J connectivity index is 2.27. The van der Waals surface area contributed by atoms with Crippen LogP contribution in [0.2, 0.25) is 0 Å². The van der Waals surface area contributed by atoms with Crippen LogP contribution in [0.5, 0.6) is 0 Å². The summed E-state index contributed by atoms with van der Waals surface area (Å²) in [7, 11) is 0. The van der Waals surface area contributed by atoms with Gasteiger partial charge >= 0.3 is 0 Å². The Morgan fingerprint density at radius 3 is 2.81 bits per heavy atom. The number of aromatic amines is 1. The number of nitrogens with two attached hydrogens (primary N) is 1. The molecule has 0 bridgehead atoms. The number of hydrogen-bond donors (Lipinski definition) is 3. The first kappa shape index (κ1) is 18.1. The number of rotatable bonds is 7. The predicted octanol–water partition coefficient (Wildman–Crippen LogP) is 2.19. The molecule has 0 aliphatic heterocycles. The van der Waals surface area contributed by atoms with Crippen LogP contribution in [0.3, 0.4) is 0 Å². The van der Waals surface area contributed by atoms with E-state index in [-0.39, 0.29) is 24.2 Å². The molecule has 0 aromatic carbocycles. The number of fused-ring (bicyclic) bond motifs is 1. The van der Waals surface area contributed by atoms with Crippen LogP contribution in [0.4, 0.5) is 5.95 Å². The van der Waals surface area contributed by atoms with Gasteiger partial charge < -0.3 is 10.8 Å².